The van der Waals surface area contributed by atoms with E-state index in [2.05, 4.69) is 10.8 Å². The predicted molar refractivity (Wildman–Crippen MR) is 107 cm³/mol. The fraction of sp³-hybridized carbons (Fsp3) is 0.400. The summed E-state index contributed by atoms with van der Waals surface area (Å²) >= 11 is 0. The van der Waals surface area contributed by atoms with Crippen molar-refractivity contribution in [3.63, 3.8) is 0 Å². The lowest BCUT2D eigenvalue weighted by molar-refractivity contribution is 0.143. The van der Waals surface area contributed by atoms with Gasteiger partial charge in [-0.3, -0.25) is 14.5 Å². The average Bonchev–Trinajstić information content (AvgIpc) is 3.12. The highest BCUT2D eigenvalue weighted by molar-refractivity contribution is 5.93. The van der Waals surface area contributed by atoms with Crippen molar-refractivity contribution in [1.82, 2.24) is 4.68 Å². The topological polar surface area (TPSA) is 110 Å². The minimum Gasteiger partial charge on any atom is -0.467 e. The summed E-state index contributed by atoms with van der Waals surface area (Å²) < 4.78 is 27.4. The first-order chi connectivity index (χ1) is 14.3. The lowest BCUT2D eigenvalue weighted by atomic mass is 9.83. The molecule has 10 heteroatoms. The van der Waals surface area contributed by atoms with Crippen LogP contribution in [0.4, 0.5) is 14.9 Å². The molecule has 3 unspecified atom stereocenters. The van der Waals surface area contributed by atoms with Gasteiger partial charge in [0.15, 0.2) is 18.3 Å². The van der Waals surface area contributed by atoms with Crippen molar-refractivity contribution in [3.8, 4) is 11.5 Å². The third-order valence-corrected chi connectivity index (χ3v) is 6.18. The summed E-state index contributed by atoms with van der Waals surface area (Å²) in [6, 6.07) is 1.05. The van der Waals surface area contributed by atoms with Gasteiger partial charge in [-0.05, 0) is 24.3 Å². The normalized spacial score (nSPS) is 24.7. The average molecular weight is 416 g/mol. The number of nitrogens with two attached hydrogens (primary N) is 1. The van der Waals surface area contributed by atoms with Crippen LogP contribution in [0.2, 0.25) is 0 Å². The van der Waals surface area contributed by atoms with Gasteiger partial charge in [-0.2, -0.15) is 0 Å². The molecule has 1 aromatic heterocycles. The summed E-state index contributed by atoms with van der Waals surface area (Å²) in [5, 5.41) is 10.5. The number of ether oxygens (including phenoxy) is 2. The first-order valence-electron chi connectivity index (χ1n) is 9.69. The van der Waals surface area contributed by atoms with Gasteiger partial charge in [-0.15, -0.1) is 0 Å². The Balaban J connectivity index is 1.68. The second-order valence-corrected chi connectivity index (χ2v) is 7.97. The number of anilines is 1. The van der Waals surface area contributed by atoms with Crippen LogP contribution in [0.25, 0.3) is 10.9 Å². The number of hydrogen-bond donors (Lipinski definition) is 2. The van der Waals surface area contributed by atoms with Crippen LogP contribution in [-0.4, -0.2) is 48.8 Å². The lowest BCUT2D eigenvalue weighted by Crippen LogP contribution is -2.39. The molecule has 0 amide bonds. The van der Waals surface area contributed by atoms with E-state index in [1.807, 2.05) is 11.0 Å². The number of allylic oxidation sites excluding steroid dienone is 1. The summed E-state index contributed by atoms with van der Waals surface area (Å²) in [6.07, 6.45) is 4.64. The molecule has 1 saturated heterocycles. The highest BCUT2D eigenvalue weighted by Gasteiger charge is 2.40. The third kappa shape index (κ3) is 2.71. The molecule has 3 N–H and O–H groups in total. The predicted octanol–water partition coefficient (Wildman–Crippen LogP) is 1.45. The Labute approximate surface area is 170 Å². The number of benzene rings is 1. The van der Waals surface area contributed by atoms with Crippen molar-refractivity contribution in [2.24, 2.45) is 17.6 Å². The number of hydrogen-bond acceptors (Lipinski definition) is 7. The monoisotopic (exact) mass is 416 g/mol. The molecular weight excluding hydrogens is 395 g/mol. The van der Waals surface area contributed by atoms with Crippen molar-refractivity contribution < 1.29 is 23.8 Å². The molecule has 1 fully saturated rings. The molecular formula is C20H21FN4O5. The zero-order chi connectivity index (χ0) is 21.2. The summed E-state index contributed by atoms with van der Waals surface area (Å²) in [5.41, 5.74) is 6.20. The highest BCUT2D eigenvalue weighted by atomic mass is 19.1. The summed E-state index contributed by atoms with van der Waals surface area (Å²) in [7, 11) is 1.70. The minimum absolute atomic E-state index is 0.00784. The van der Waals surface area contributed by atoms with Gasteiger partial charge < -0.3 is 25.2 Å². The van der Waals surface area contributed by atoms with Gasteiger partial charge in [-0.1, -0.05) is 12.2 Å². The van der Waals surface area contributed by atoms with Crippen LogP contribution in [0.15, 0.2) is 29.2 Å². The second kappa shape index (κ2) is 6.63. The van der Waals surface area contributed by atoms with Gasteiger partial charge in [0.25, 0.3) is 0 Å². The molecule has 1 aromatic carbocycles. The van der Waals surface area contributed by atoms with Crippen molar-refractivity contribution >= 4 is 22.7 Å². The van der Waals surface area contributed by atoms with Gasteiger partial charge in [0.1, 0.15) is 11.2 Å². The van der Waals surface area contributed by atoms with Crippen LogP contribution in [0.5, 0.6) is 11.5 Å². The smallest absolute Gasteiger partial charge is 0.467 e. The largest absolute Gasteiger partial charge is 0.511 e. The molecule has 1 aliphatic carbocycles. The molecule has 5 rings (SSSR count). The highest BCUT2D eigenvalue weighted by Crippen LogP contribution is 2.44. The van der Waals surface area contributed by atoms with E-state index in [1.165, 1.54) is 6.20 Å². The van der Waals surface area contributed by atoms with E-state index in [4.69, 9.17) is 15.6 Å². The number of fused-ring (bicyclic) bond motifs is 1. The van der Waals surface area contributed by atoms with Gasteiger partial charge in [-0.25, -0.2) is 9.18 Å². The Hall–Kier alpha value is -3.27. The quantitative estimate of drug-likeness (QED) is 0.559. The maximum Gasteiger partial charge on any atom is 0.511 e. The molecule has 0 saturated carbocycles. The first-order valence-corrected chi connectivity index (χ1v) is 9.69. The number of aromatic nitrogens is 1. The zero-order valence-electron chi connectivity index (χ0n) is 16.2. The molecule has 0 radical (unpaired) electrons. The van der Waals surface area contributed by atoms with E-state index in [0.717, 1.165) is 12.5 Å². The number of carbonyl (C=O) groups is 1. The van der Waals surface area contributed by atoms with E-state index in [1.54, 1.807) is 16.7 Å². The molecule has 30 heavy (non-hydrogen) atoms. The number of pyridine rings is 1. The van der Waals surface area contributed by atoms with Crippen LogP contribution in [-0.2, 0) is 0 Å². The Morgan fingerprint density at radius 1 is 1.40 bits per heavy atom. The van der Waals surface area contributed by atoms with Gasteiger partial charge in [0, 0.05) is 26.2 Å². The summed E-state index contributed by atoms with van der Waals surface area (Å²) in [5.74, 6) is -0.184. The molecule has 0 bridgehead atoms. The molecule has 3 aliphatic rings. The van der Waals surface area contributed by atoms with Crippen molar-refractivity contribution in [2.75, 3.05) is 36.8 Å². The molecule has 2 aliphatic heterocycles. The van der Waals surface area contributed by atoms with E-state index >= 15 is 4.39 Å². The standard InChI is InChI=1S/C20H21FN4O5/c1-23-9-29-19-16-11(18(26)15(8-25(16)23)30-20(27)28)5-13(21)17(19)24-6-10-3-2-4-14(22)12(10)7-24/h2,4-5,8,10,12,14H,3,6-7,9,22H2,1H3,(H,27,28). The number of halogens is 1. The Bertz CT molecular complexity index is 1150. The first kappa shape index (κ1) is 18.7. The van der Waals surface area contributed by atoms with E-state index < -0.39 is 23.2 Å². The van der Waals surface area contributed by atoms with Crippen LogP contribution in [0, 0.1) is 17.7 Å². The third-order valence-electron chi connectivity index (χ3n) is 6.18. The fourth-order valence-electron chi connectivity index (χ4n) is 4.78. The van der Waals surface area contributed by atoms with Crippen LogP contribution in [0.1, 0.15) is 6.42 Å². The zero-order valence-corrected chi connectivity index (χ0v) is 16.2. The molecule has 2 aromatic rings. The number of carboxylic acid groups (broad SMARTS) is 1. The lowest BCUT2D eigenvalue weighted by Gasteiger charge is -2.33. The van der Waals surface area contributed by atoms with Crippen molar-refractivity contribution in [1.29, 1.82) is 0 Å². The van der Waals surface area contributed by atoms with E-state index in [0.29, 0.717) is 30.2 Å². The van der Waals surface area contributed by atoms with E-state index in [-0.39, 0.29) is 29.8 Å². The van der Waals surface area contributed by atoms with Crippen LogP contribution < -0.4 is 30.5 Å². The Kier molecular flexibility index (Phi) is 4.14. The molecule has 9 nitrogen and oxygen atoms in total. The minimum atomic E-state index is -1.61. The van der Waals surface area contributed by atoms with Crippen molar-refractivity contribution in [2.45, 2.75) is 12.5 Å². The molecule has 3 heterocycles. The second-order valence-electron chi connectivity index (χ2n) is 7.97. The van der Waals surface area contributed by atoms with Gasteiger partial charge in [0.05, 0.1) is 11.6 Å². The molecule has 0 spiro atoms. The van der Waals surface area contributed by atoms with E-state index in [9.17, 15) is 9.59 Å². The molecule has 158 valence electrons. The van der Waals surface area contributed by atoms with Crippen LogP contribution >= 0.6 is 0 Å². The number of rotatable bonds is 2. The summed E-state index contributed by atoms with van der Waals surface area (Å²) in [4.78, 5) is 25.7. The fourth-order valence-corrected chi connectivity index (χ4v) is 4.78. The SMILES string of the molecule is CN1COc2c(N3CC4CC=CC(N)C4C3)c(F)cc3c(=O)c(OC(=O)O)cn1c23. The molecule has 3 atom stereocenters. The van der Waals surface area contributed by atoms with Crippen molar-refractivity contribution in [3.05, 3.63) is 40.5 Å². The van der Waals surface area contributed by atoms with Crippen LogP contribution in [0.3, 0.4) is 0 Å². The summed E-state index contributed by atoms with van der Waals surface area (Å²) in [6.45, 7) is 1.33. The number of nitrogens with zero attached hydrogens (tertiary/aromatic N) is 3. The van der Waals surface area contributed by atoms with Gasteiger partial charge in [0.2, 0.25) is 11.2 Å². The Morgan fingerprint density at radius 2 is 2.20 bits per heavy atom. The maximum absolute atomic E-state index is 15.3. The Morgan fingerprint density at radius 3 is 2.93 bits per heavy atom. The maximum atomic E-state index is 15.3. The van der Waals surface area contributed by atoms with Gasteiger partial charge >= 0.3 is 6.16 Å².